The molecule has 0 bridgehead atoms. The van der Waals surface area contributed by atoms with E-state index in [1.165, 1.54) is 9.87 Å². The first-order chi connectivity index (χ1) is 13.8. The second-order valence-electron chi connectivity index (χ2n) is 7.49. The maximum absolute atomic E-state index is 12.9. The van der Waals surface area contributed by atoms with Gasteiger partial charge in [-0.3, -0.25) is 4.79 Å². The molecular weight excluding hydrogens is 388 g/mol. The van der Waals surface area contributed by atoms with Crippen LogP contribution in [0.5, 0.6) is 5.75 Å². The van der Waals surface area contributed by atoms with Crippen LogP contribution in [0.3, 0.4) is 0 Å². The van der Waals surface area contributed by atoms with Crippen molar-refractivity contribution in [1.82, 2.24) is 9.21 Å². The molecule has 29 heavy (non-hydrogen) atoms. The molecule has 1 aliphatic rings. The first kappa shape index (κ1) is 21.3. The van der Waals surface area contributed by atoms with E-state index in [1.54, 1.807) is 29.2 Å². The molecule has 3 rings (SSSR count). The molecule has 2 aromatic carbocycles. The molecule has 1 saturated heterocycles. The zero-order valence-corrected chi connectivity index (χ0v) is 18.0. The molecule has 1 fully saturated rings. The predicted molar refractivity (Wildman–Crippen MR) is 113 cm³/mol. The van der Waals surface area contributed by atoms with Crippen molar-refractivity contribution in [3.05, 3.63) is 59.2 Å². The summed E-state index contributed by atoms with van der Waals surface area (Å²) in [6.45, 7) is 7.47. The lowest BCUT2D eigenvalue weighted by Gasteiger charge is -2.22. The number of hydrogen-bond acceptors (Lipinski definition) is 4. The number of amides is 1. The van der Waals surface area contributed by atoms with E-state index in [1.807, 2.05) is 39.0 Å². The van der Waals surface area contributed by atoms with Crippen LogP contribution >= 0.6 is 0 Å². The number of benzene rings is 2. The third-order valence-electron chi connectivity index (χ3n) is 5.31. The molecule has 0 aromatic heterocycles. The standard InChI is InChI=1S/C22H28N2O4S/c1-17-5-9-21(10-6-17)29(26,27)24-12-4-11-23(13-14-24)22(25)16-28-20-8-7-18(2)19(3)15-20/h5-10,15H,4,11-14,16H2,1-3H3. The Morgan fingerprint density at radius 1 is 0.931 bits per heavy atom. The Labute approximate surface area is 173 Å². The highest BCUT2D eigenvalue weighted by atomic mass is 32.2. The number of hydrogen-bond donors (Lipinski definition) is 0. The number of carbonyl (C=O) groups is 1. The summed E-state index contributed by atoms with van der Waals surface area (Å²) in [6, 6.07) is 12.6. The molecule has 0 unspecified atom stereocenters. The molecule has 0 radical (unpaired) electrons. The maximum atomic E-state index is 12.9. The zero-order chi connectivity index (χ0) is 21.0. The lowest BCUT2D eigenvalue weighted by atomic mass is 10.1. The molecule has 6 nitrogen and oxygen atoms in total. The van der Waals surface area contributed by atoms with E-state index in [0.717, 1.165) is 11.1 Å². The van der Waals surface area contributed by atoms with Crippen LogP contribution in [0.4, 0.5) is 0 Å². The van der Waals surface area contributed by atoms with Gasteiger partial charge in [-0.1, -0.05) is 23.8 Å². The lowest BCUT2D eigenvalue weighted by Crippen LogP contribution is -2.39. The summed E-state index contributed by atoms with van der Waals surface area (Å²) >= 11 is 0. The minimum atomic E-state index is -3.55. The van der Waals surface area contributed by atoms with Crippen molar-refractivity contribution in [1.29, 1.82) is 0 Å². The third-order valence-corrected chi connectivity index (χ3v) is 7.22. The van der Waals surface area contributed by atoms with Gasteiger partial charge in [-0.25, -0.2) is 8.42 Å². The van der Waals surface area contributed by atoms with Gasteiger partial charge in [0, 0.05) is 26.2 Å². The average molecular weight is 417 g/mol. The molecule has 0 aliphatic carbocycles. The molecule has 1 heterocycles. The molecule has 0 atom stereocenters. The topological polar surface area (TPSA) is 66.9 Å². The smallest absolute Gasteiger partial charge is 0.260 e. The highest BCUT2D eigenvalue weighted by Crippen LogP contribution is 2.19. The van der Waals surface area contributed by atoms with Crippen LogP contribution in [0.25, 0.3) is 0 Å². The average Bonchev–Trinajstić information content (AvgIpc) is 2.96. The van der Waals surface area contributed by atoms with Gasteiger partial charge in [0.15, 0.2) is 6.61 Å². The van der Waals surface area contributed by atoms with Crippen LogP contribution in [0.2, 0.25) is 0 Å². The second kappa shape index (κ2) is 8.97. The Balaban J connectivity index is 1.59. The summed E-state index contributed by atoms with van der Waals surface area (Å²) in [5, 5.41) is 0. The number of ether oxygens (including phenoxy) is 1. The van der Waals surface area contributed by atoms with Gasteiger partial charge in [0.05, 0.1) is 4.90 Å². The van der Waals surface area contributed by atoms with Crippen molar-refractivity contribution < 1.29 is 17.9 Å². The molecule has 156 valence electrons. The highest BCUT2D eigenvalue weighted by molar-refractivity contribution is 7.89. The molecular formula is C22H28N2O4S. The fourth-order valence-electron chi connectivity index (χ4n) is 3.28. The van der Waals surface area contributed by atoms with Crippen LogP contribution in [0.15, 0.2) is 47.4 Å². The Kier molecular flexibility index (Phi) is 6.59. The van der Waals surface area contributed by atoms with Crippen LogP contribution in [-0.2, 0) is 14.8 Å². The van der Waals surface area contributed by atoms with Crippen molar-refractivity contribution in [2.24, 2.45) is 0 Å². The van der Waals surface area contributed by atoms with Crippen molar-refractivity contribution in [2.45, 2.75) is 32.1 Å². The Morgan fingerprint density at radius 3 is 2.34 bits per heavy atom. The third kappa shape index (κ3) is 5.16. The first-order valence-electron chi connectivity index (χ1n) is 9.82. The van der Waals surface area contributed by atoms with E-state index in [9.17, 15) is 13.2 Å². The van der Waals surface area contributed by atoms with Crippen molar-refractivity contribution in [3.8, 4) is 5.75 Å². The molecule has 2 aromatic rings. The molecule has 1 aliphatic heterocycles. The number of carbonyl (C=O) groups excluding carboxylic acids is 1. The van der Waals surface area contributed by atoms with Gasteiger partial charge >= 0.3 is 0 Å². The molecule has 7 heteroatoms. The highest BCUT2D eigenvalue weighted by Gasteiger charge is 2.28. The Bertz CT molecular complexity index is 971. The van der Waals surface area contributed by atoms with Crippen LogP contribution in [0, 0.1) is 20.8 Å². The van der Waals surface area contributed by atoms with Crippen LogP contribution in [-0.4, -0.2) is 56.3 Å². The molecule has 0 spiro atoms. The Hall–Kier alpha value is -2.38. The summed E-state index contributed by atoms with van der Waals surface area (Å²) in [5.74, 6) is 0.539. The number of nitrogens with zero attached hydrogens (tertiary/aromatic N) is 2. The van der Waals surface area contributed by atoms with E-state index in [0.29, 0.717) is 36.7 Å². The number of aryl methyl sites for hydroxylation is 3. The maximum Gasteiger partial charge on any atom is 0.260 e. The molecule has 0 N–H and O–H groups in total. The summed E-state index contributed by atoms with van der Waals surface area (Å²) < 4.78 is 32.9. The predicted octanol–water partition coefficient (Wildman–Crippen LogP) is 2.91. The van der Waals surface area contributed by atoms with E-state index in [2.05, 4.69) is 0 Å². The van der Waals surface area contributed by atoms with Crippen molar-refractivity contribution in [3.63, 3.8) is 0 Å². The van der Waals surface area contributed by atoms with Gasteiger partial charge in [-0.15, -0.1) is 0 Å². The minimum absolute atomic E-state index is 0.0484. The molecule has 0 saturated carbocycles. The zero-order valence-electron chi connectivity index (χ0n) is 17.2. The lowest BCUT2D eigenvalue weighted by molar-refractivity contribution is -0.133. The molecule has 1 amide bonds. The quantitative estimate of drug-likeness (QED) is 0.752. The second-order valence-corrected chi connectivity index (χ2v) is 9.42. The summed E-state index contributed by atoms with van der Waals surface area (Å²) in [4.78, 5) is 14.6. The van der Waals surface area contributed by atoms with Gasteiger partial charge in [0.2, 0.25) is 10.0 Å². The summed E-state index contributed by atoms with van der Waals surface area (Å²) in [5.41, 5.74) is 3.30. The van der Waals surface area contributed by atoms with E-state index >= 15 is 0 Å². The van der Waals surface area contributed by atoms with Crippen molar-refractivity contribution in [2.75, 3.05) is 32.8 Å². The van der Waals surface area contributed by atoms with Crippen molar-refractivity contribution >= 4 is 15.9 Å². The fraction of sp³-hybridized carbons (Fsp3) is 0.409. The first-order valence-corrected chi connectivity index (χ1v) is 11.3. The van der Waals surface area contributed by atoms with E-state index < -0.39 is 10.0 Å². The van der Waals surface area contributed by atoms with E-state index in [4.69, 9.17) is 4.74 Å². The van der Waals surface area contributed by atoms with Gasteiger partial charge in [0.25, 0.3) is 5.91 Å². The SMILES string of the molecule is Cc1ccc(S(=O)(=O)N2CCCN(C(=O)COc3ccc(C)c(C)c3)CC2)cc1. The van der Waals surface area contributed by atoms with E-state index in [-0.39, 0.29) is 19.1 Å². The minimum Gasteiger partial charge on any atom is -0.484 e. The van der Waals surface area contributed by atoms with Gasteiger partial charge < -0.3 is 9.64 Å². The van der Waals surface area contributed by atoms with Gasteiger partial charge in [-0.2, -0.15) is 4.31 Å². The van der Waals surface area contributed by atoms with Crippen LogP contribution in [0.1, 0.15) is 23.1 Å². The number of sulfonamides is 1. The normalized spacial score (nSPS) is 15.8. The Morgan fingerprint density at radius 2 is 1.66 bits per heavy atom. The van der Waals surface area contributed by atoms with Gasteiger partial charge in [0.1, 0.15) is 5.75 Å². The fourth-order valence-corrected chi connectivity index (χ4v) is 4.75. The van der Waals surface area contributed by atoms with Crippen LogP contribution < -0.4 is 4.74 Å². The van der Waals surface area contributed by atoms with Gasteiger partial charge in [-0.05, 0) is 62.6 Å². The summed E-state index contributed by atoms with van der Waals surface area (Å²) in [6.07, 6.45) is 0.598. The summed E-state index contributed by atoms with van der Waals surface area (Å²) in [7, 11) is -3.55. The number of rotatable bonds is 5. The monoisotopic (exact) mass is 416 g/mol. The largest absolute Gasteiger partial charge is 0.484 e.